The quantitative estimate of drug-likeness (QED) is 0.144. The normalized spacial score (nSPS) is 17.3. The van der Waals surface area contributed by atoms with Gasteiger partial charge in [0.1, 0.15) is 5.82 Å². The van der Waals surface area contributed by atoms with Crippen LogP contribution in [0.4, 0.5) is 13.2 Å². The molecule has 3 aromatic carbocycles. The predicted molar refractivity (Wildman–Crippen MR) is 159 cm³/mol. The first-order chi connectivity index (χ1) is 20.0. The molecule has 0 saturated carbocycles. The van der Waals surface area contributed by atoms with Gasteiger partial charge in [0.05, 0.1) is 19.8 Å². The molecule has 2 unspecified atom stereocenters. The summed E-state index contributed by atoms with van der Waals surface area (Å²) in [4.78, 5) is 0. The van der Waals surface area contributed by atoms with E-state index in [0.717, 1.165) is 31.2 Å². The summed E-state index contributed by atoms with van der Waals surface area (Å²) in [6, 6.07) is 15.3. The smallest absolute Gasteiger partial charge is 0.201 e. The summed E-state index contributed by atoms with van der Waals surface area (Å²) >= 11 is 0. The highest BCUT2D eigenvalue weighted by Crippen LogP contribution is 2.34. The lowest BCUT2D eigenvalue weighted by molar-refractivity contribution is -0.160. The molecular formula is C35H41F3O3. The fourth-order valence-corrected chi connectivity index (χ4v) is 5.17. The third kappa shape index (κ3) is 8.46. The van der Waals surface area contributed by atoms with Gasteiger partial charge in [-0.1, -0.05) is 87.6 Å². The van der Waals surface area contributed by atoms with Gasteiger partial charge in [-0.05, 0) is 66.6 Å². The molecule has 1 aliphatic rings. The van der Waals surface area contributed by atoms with Crippen LogP contribution in [0.15, 0.2) is 66.7 Å². The second-order valence-electron chi connectivity index (χ2n) is 10.6. The Balaban J connectivity index is 1.35. The number of hydrogen-bond donors (Lipinski definition) is 0. The average molecular weight is 567 g/mol. The maximum atomic E-state index is 15.1. The molecule has 6 heteroatoms. The van der Waals surface area contributed by atoms with Gasteiger partial charge >= 0.3 is 0 Å². The van der Waals surface area contributed by atoms with E-state index in [9.17, 15) is 8.78 Å². The maximum Gasteiger partial charge on any atom is 0.201 e. The van der Waals surface area contributed by atoms with Gasteiger partial charge in [0, 0.05) is 11.5 Å². The van der Waals surface area contributed by atoms with Crippen molar-refractivity contribution in [2.45, 2.75) is 77.4 Å². The van der Waals surface area contributed by atoms with E-state index in [1.54, 1.807) is 30.3 Å². The number of hydrogen-bond acceptors (Lipinski definition) is 3. The van der Waals surface area contributed by atoms with Gasteiger partial charge in [-0.3, -0.25) is 0 Å². The van der Waals surface area contributed by atoms with E-state index in [-0.39, 0.29) is 29.3 Å². The fourth-order valence-electron chi connectivity index (χ4n) is 5.17. The summed E-state index contributed by atoms with van der Waals surface area (Å²) in [5.41, 5.74) is 2.83. The molecule has 0 aromatic heterocycles. The molecule has 4 rings (SSSR count). The standard InChI is InChI=1S/C35H41F3O3/c1-3-5-7-8-9-10-22-39-32-19-18-30(34(37)35(32)38)26-13-11-25(12-14-26)27-15-17-29(31(36)23-27)28-16-20-33(41-24-28)40-21-6-4-2/h4,6,11-15,17-19,23,28,33H,3,5,7-10,16,20-22,24H2,1-2H3/b6-4+. The van der Waals surface area contributed by atoms with Crippen molar-refractivity contribution < 1.29 is 27.4 Å². The molecule has 0 amide bonds. The zero-order valence-corrected chi connectivity index (χ0v) is 24.1. The first kappa shape index (κ1) is 30.9. The summed E-state index contributed by atoms with van der Waals surface area (Å²) in [6.07, 6.45) is 11.7. The Morgan fingerprint density at radius 1 is 0.829 bits per heavy atom. The first-order valence-electron chi connectivity index (χ1n) is 14.9. The van der Waals surface area contributed by atoms with Crippen LogP contribution in [0.25, 0.3) is 22.3 Å². The second-order valence-corrected chi connectivity index (χ2v) is 10.6. The van der Waals surface area contributed by atoms with E-state index in [2.05, 4.69) is 6.92 Å². The van der Waals surface area contributed by atoms with E-state index in [1.165, 1.54) is 31.4 Å². The Bertz CT molecular complexity index is 1260. The molecule has 1 aliphatic heterocycles. The lowest BCUT2D eigenvalue weighted by Gasteiger charge is -2.29. The summed E-state index contributed by atoms with van der Waals surface area (Å²) < 4.78 is 61.8. The monoisotopic (exact) mass is 566 g/mol. The van der Waals surface area contributed by atoms with Crippen molar-refractivity contribution in [3.8, 4) is 28.0 Å². The first-order valence-corrected chi connectivity index (χ1v) is 14.9. The third-order valence-electron chi connectivity index (χ3n) is 7.62. The predicted octanol–water partition coefficient (Wildman–Crippen LogP) is 9.99. The van der Waals surface area contributed by atoms with Crippen LogP contribution in [0, 0.1) is 17.5 Å². The molecule has 1 heterocycles. The Labute approximate surface area is 242 Å². The van der Waals surface area contributed by atoms with E-state index in [0.29, 0.717) is 42.9 Å². The number of halogens is 3. The molecule has 0 radical (unpaired) electrons. The van der Waals surface area contributed by atoms with Crippen molar-refractivity contribution in [1.29, 1.82) is 0 Å². The van der Waals surface area contributed by atoms with Gasteiger partial charge in [0.25, 0.3) is 0 Å². The molecule has 0 N–H and O–H groups in total. The van der Waals surface area contributed by atoms with Crippen LogP contribution in [0.3, 0.4) is 0 Å². The molecule has 41 heavy (non-hydrogen) atoms. The Hall–Kier alpha value is -3.09. The summed E-state index contributed by atoms with van der Waals surface area (Å²) in [7, 11) is 0. The highest BCUT2D eigenvalue weighted by atomic mass is 19.2. The van der Waals surface area contributed by atoms with Crippen molar-refractivity contribution >= 4 is 0 Å². The molecule has 1 fully saturated rings. The molecule has 0 bridgehead atoms. The molecule has 0 aliphatic carbocycles. The molecule has 0 spiro atoms. The lowest BCUT2D eigenvalue weighted by Crippen LogP contribution is -2.27. The topological polar surface area (TPSA) is 27.7 Å². The largest absolute Gasteiger partial charge is 0.490 e. The van der Waals surface area contributed by atoms with Crippen molar-refractivity contribution in [2.24, 2.45) is 0 Å². The number of unbranched alkanes of at least 4 members (excludes halogenated alkanes) is 5. The number of ether oxygens (including phenoxy) is 3. The Kier molecular flexibility index (Phi) is 11.9. The van der Waals surface area contributed by atoms with Crippen LogP contribution < -0.4 is 4.74 Å². The van der Waals surface area contributed by atoms with Crippen LogP contribution in [0.1, 0.15) is 76.7 Å². The van der Waals surface area contributed by atoms with E-state index < -0.39 is 11.6 Å². The highest BCUT2D eigenvalue weighted by Gasteiger charge is 2.25. The highest BCUT2D eigenvalue weighted by molar-refractivity contribution is 5.71. The van der Waals surface area contributed by atoms with Crippen LogP contribution in [0.2, 0.25) is 0 Å². The number of allylic oxidation sites excluding steroid dienone is 1. The van der Waals surface area contributed by atoms with E-state index >= 15 is 4.39 Å². The van der Waals surface area contributed by atoms with Gasteiger partial charge in [-0.25, -0.2) is 8.78 Å². The molecule has 3 aromatic rings. The Morgan fingerprint density at radius 3 is 2.27 bits per heavy atom. The molecule has 3 nitrogen and oxygen atoms in total. The van der Waals surface area contributed by atoms with Crippen LogP contribution in [-0.4, -0.2) is 26.1 Å². The number of benzene rings is 3. The maximum absolute atomic E-state index is 15.1. The van der Waals surface area contributed by atoms with Crippen LogP contribution >= 0.6 is 0 Å². The van der Waals surface area contributed by atoms with Crippen molar-refractivity contribution in [3.63, 3.8) is 0 Å². The minimum atomic E-state index is -0.974. The second kappa shape index (κ2) is 15.8. The van der Waals surface area contributed by atoms with Gasteiger partial charge in [0.15, 0.2) is 17.9 Å². The third-order valence-corrected chi connectivity index (χ3v) is 7.62. The van der Waals surface area contributed by atoms with Crippen molar-refractivity contribution in [2.75, 3.05) is 19.8 Å². The zero-order chi connectivity index (χ0) is 29.0. The minimum absolute atomic E-state index is 0.0244. The zero-order valence-electron chi connectivity index (χ0n) is 24.1. The summed E-state index contributed by atoms with van der Waals surface area (Å²) in [6.45, 7) is 5.40. The average Bonchev–Trinajstić information content (AvgIpc) is 2.99. The van der Waals surface area contributed by atoms with Crippen molar-refractivity contribution in [1.82, 2.24) is 0 Å². The number of rotatable bonds is 14. The summed E-state index contributed by atoms with van der Waals surface area (Å²) in [5.74, 6) is -2.27. The summed E-state index contributed by atoms with van der Waals surface area (Å²) in [5, 5.41) is 0. The van der Waals surface area contributed by atoms with E-state index in [1.807, 2.05) is 31.2 Å². The van der Waals surface area contributed by atoms with Crippen LogP contribution in [0.5, 0.6) is 5.75 Å². The minimum Gasteiger partial charge on any atom is -0.490 e. The SMILES string of the molecule is C/C=C/COC1CCC(c2ccc(-c3ccc(-c4ccc(OCCCCCCCC)c(F)c4F)cc3)cc2F)CO1. The fraction of sp³-hybridized carbons (Fsp3) is 0.429. The molecule has 2 atom stereocenters. The van der Waals surface area contributed by atoms with Crippen LogP contribution in [-0.2, 0) is 9.47 Å². The lowest BCUT2D eigenvalue weighted by atomic mass is 9.91. The van der Waals surface area contributed by atoms with Gasteiger partial charge < -0.3 is 14.2 Å². The van der Waals surface area contributed by atoms with Gasteiger partial charge in [-0.2, -0.15) is 4.39 Å². The Morgan fingerprint density at radius 2 is 1.56 bits per heavy atom. The molecule has 1 saturated heterocycles. The molecule has 220 valence electrons. The molecular weight excluding hydrogens is 525 g/mol. The van der Waals surface area contributed by atoms with Gasteiger partial charge in [-0.15, -0.1) is 0 Å². The van der Waals surface area contributed by atoms with Gasteiger partial charge in [0.2, 0.25) is 5.82 Å². The van der Waals surface area contributed by atoms with Crippen molar-refractivity contribution in [3.05, 3.63) is 89.8 Å². The van der Waals surface area contributed by atoms with E-state index in [4.69, 9.17) is 14.2 Å².